The van der Waals surface area contributed by atoms with Gasteiger partial charge in [-0.2, -0.15) is 0 Å². The van der Waals surface area contributed by atoms with Crippen molar-refractivity contribution in [2.45, 2.75) is 182 Å². The Balaban J connectivity index is 0.00000384. The van der Waals surface area contributed by atoms with E-state index in [4.69, 9.17) is 33.2 Å². The Kier molecular flexibility index (Phi) is 19.7. The normalized spacial score (nSPS) is 50.7. The molecule has 47 heavy (non-hydrogen) atoms. The third kappa shape index (κ3) is 9.97. The van der Waals surface area contributed by atoms with Gasteiger partial charge < -0.3 is 48.5 Å². The molecule has 0 bridgehead atoms. The molecule has 0 aliphatic carbocycles. The van der Waals surface area contributed by atoms with E-state index in [0.29, 0.717) is 31.1 Å². The Labute approximate surface area is 355 Å². The number of rotatable bonds is 10. The van der Waals surface area contributed by atoms with Crippen molar-refractivity contribution in [3.8, 4) is 0 Å². The van der Waals surface area contributed by atoms with Crippen molar-refractivity contribution < 1.29 is 137 Å². The molecule has 0 aromatic heterocycles. The molecule has 10 nitrogen and oxygen atoms in total. The summed E-state index contributed by atoms with van der Waals surface area (Å²) in [4.78, 5) is 0. The Morgan fingerprint density at radius 1 is 0.404 bits per heavy atom. The minimum atomic E-state index is -1.23. The van der Waals surface area contributed by atoms with Gasteiger partial charge >= 0.3 is 0 Å². The van der Waals surface area contributed by atoms with Gasteiger partial charge in [-0.3, -0.25) is 0 Å². The van der Waals surface area contributed by atoms with Gasteiger partial charge in [-0.05, 0) is 43.4 Å². The molecule has 4 fully saturated rings. The van der Waals surface area contributed by atoms with Crippen molar-refractivity contribution in [3.05, 3.63) is 0 Å². The van der Waals surface area contributed by atoms with Crippen LogP contribution in [-0.2, 0) is 33.2 Å². The molecule has 4 heterocycles. The Bertz CT molecular complexity index is 912. The van der Waals surface area contributed by atoms with Gasteiger partial charge in [0.15, 0.2) is 25.2 Å². The standard InChI is InChI=1S/C35H64O10.2Ac/c1-12-23-17(6)16(5)19(8)33(40-23)44-31-22(11)28(37)35(42-26(31)15-4)45-29-18(7)20(9)34(41-25(29)14-3)43-30-21(10)27(36)32(38)39-24(30)13-2;;/h16-38H,12-15H2,1-11H3;;/t16?,17-,18+,19?,20?,21+,22?,23?,24?,25?,26?,27?,28?,29+,30+,31-,32?,33+,34-,35+;;/m0../s1. The van der Waals surface area contributed by atoms with E-state index in [2.05, 4.69) is 55.4 Å². The van der Waals surface area contributed by atoms with Crippen LogP contribution in [0.4, 0.5) is 0 Å². The molecule has 0 spiro atoms. The van der Waals surface area contributed by atoms with Crippen LogP contribution in [0.25, 0.3) is 0 Å². The molecule has 0 aromatic rings. The van der Waals surface area contributed by atoms with Gasteiger partial charge in [0.2, 0.25) is 0 Å². The first-order chi connectivity index (χ1) is 21.3. The van der Waals surface area contributed by atoms with Crippen LogP contribution in [0.5, 0.6) is 0 Å². The van der Waals surface area contributed by atoms with Crippen LogP contribution in [-0.4, -0.2) is 95.4 Å². The maximum atomic E-state index is 11.6. The zero-order valence-electron chi connectivity index (χ0n) is 30.7. The van der Waals surface area contributed by atoms with Gasteiger partial charge in [-0.25, -0.2) is 0 Å². The third-order valence-corrected chi connectivity index (χ3v) is 12.0. The summed E-state index contributed by atoms with van der Waals surface area (Å²) < 4.78 is 45.0. The van der Waals surface area contributed by atoms with Crippen LogP contribution in [0, 0.1) is 130 Å². The molecule has 20 atom stereocenters. The van der Waals surface area contributed by atoms with Crippen molar-refractivity contribution in [3.63, 3.8) is 0 Å². The monoisotopic (exact) mass is 1100 g/mol. The second-order valence-electron chi connectivity index (χ2n) is 14.6. The smallest absolute Gasteiger partial charge is 0.184 e. The molecule has 0 amide bonds. The predicted molar refractivity (Wildman–Crippen MR) is 169 cm³/mol. The molecule has 4 aliphatic rings. The van der Waals surface area contributed by atoms with Crippen LogP contribution < -0.4 is 0 Å². The first-order valence-corrected chi connectivity index (χ1v) is 17.9. The summed E-state index contributed by atoms with van der Waals surface area (Å²) in [7, 11) is 0. The zero-order chi connectivity index (χ0) is 33.3. The van der Waals surface area contributed by atoms with Crippen molar-refractivity contribution >= 4 is 0 Å². The average Bonchev–Trinajstić information content (AvgIpc) is 3.03. The van der Waals surface area contributed by atoms with Gasteiger partial charge in [0.25, 0.3) is 0 Å². The van der Waals surface area contributed by atoms with E-state index in [-0.39, 0.29) is 161 Å². The van der Waals surface area contributed by atoms with Crippen molar-refractivity contribution in [1.82, 2.24) is 0 Å². The summed E-state index contributed by atoms with van der Waals surface area (Å²) in [6.07, 6.45) is -3.71. The molecule has 4 saturated heterocycles. The summed E-state index contributed by atoms with van der Waals surface area (Å²) in [6, 6.07) is 0. The molecular formula is C35H64Ac2O10. The second kappa shape index (κ2) is 20.2. The van der Waals surface area contributed by atoms with Crippen LogP contribution in [0.1, 0.15) is 102 Å². The Hall–Kier alpha value is 2.48. The van der Waals surface area contributed by atoms with E-state index in [0.717, 1.165) is 6.42 Å². The molecule has 270 valence electrons. The number of hydrogen-bond acceptors (Lipinski definition) is 10. The third-order valence-electron chi connectivity index (χ3n) is 12.0. The summed E-state index contributed by atoms with van der Waals surface area (Å²) in [5, 5.41) is 32.2. The minimum absolute atomic E-state index is 0. The summed E-state index contributed by atoms with van der Waals surface area (Å²) in [5.41, 5.74) is 0. The number of aliphatic hydroxyl groups excluding tert-OH is 3. The molecule has 3 N–H and O–H groups in total. The first-order valence-electron chi connectivity index (χ1n) is 17.9. The van der Waals surface area contributed by atoms with E-state index in [1.54, 1.807) is 0 Å². The largest absolute Gasteiger partial charge is 0.387 e. The topological polar surface area (TPSA) is 125 Å². The quantitative estimate of drug-likeness (QED) is 0.280. The predicted octanol–water partition coefficient (Wildman–Crippen LogP) is 4.85. The van der Waals surface area contributed by atoms with E-state index in [1.165, 1.54) is 0 Å². The van der Waals surface area contributed by atoms with E-state index >= 15 is 0 Å². The van der Waals surface area contributed by atoms with E-state index < -0.39 is 37.2 Å². The molecular weight excluding hydrogens is 1030 g/mol. The molecule has 12 heteroatoms. The van der Waals surface area contributed by atoms with Crippen molar-refractivity contribution in [2.24, 2.45) is 41.4 Å². The maximum absolute atomic E-state index is 11.6. The van der Waals surface area contributed by atoms with Gasteiger partial charge in [-0.15, -0.1) is 0 Å². The van der Waals surface area contributed by atoms with Gasteiger partial charge in [-0.1, -0.05) is 76.2 Å². The second-order valence-corrected chi connectivity index (χ2v) is 14.6. The van der Waals surface area contributed by atoms with Crippen molar-refractivity contribution in [1.29, 1.82) is 0 Å². The summed E-state index contributed by atoms with van der Waals surface area (Å²) >= 11 is 0. The fraction of sp³-hybridized carbons (Fsp3) is 1.00. The number of ether oxygens (including phenoxy) is 7. The van der Waals surface area contributed by atoms with Gasteiger partial charge in [0, 0.05) is 112 Å². The SMILES string of the molecule is CCC1O[C@H](O[C@@H]2C(CC)O[C@H](O[C@H]3C(CC)O[C@@H](O[C@H]4C(CC)OC(O)C(O)[C@H]4C)C(C)[C@H]3C)C(O)C2C)C(C)C(C)[C@@H]1C.[Ac].[Ac]. The van der Waals surface area contributed by atoms with Crippen LogP contribution in [0.2, 0.25) is 0 Å². The summed E-state index contributed by atoms with van der Waals surface area (Å²) in [6.45, 7) is 23.1. The fourth-order valence-corrected chi connectivity index (χ4v) is 7.96. The van der Waals surface area contributed by atoms with Crippen molar-refractivity contribution in [2.75, 3.05) is 0 Å². The van der Waals surface area contributed by atoms with Gasteiger partial charge in [0.05, 0.1) is 42.7 Å². The van der Waals surface area contributed by atoms with E-state index in [9.17, 15) is 15.3 Å². The van der Waals surface area contributed by atoms with E-state index in [1.807, 2.05) is 20.8 Å². The number of hydrogen-bond donors (Lipinski definition) is 3. The molecule has 2 radical (unpaired) electrons. The number of aliphatic hydroxyl groups is 3. The molecule has 4 rings (SSSR count). The zero-order valence-corrected chi connectivity index (χ0v) is 40.2. The first kappa shape index (κ1) is 45.6. The Morgan fingerprint density at radius 2 is 0.766 bits per heavy atom. The molecule has 0 saturated carbocycles. The van der Waals surface area contributed by atoms with Crippen LogP contribution in [0.15, 0.2) is 0 Å². The Morgan fingerprint density at radius 3 is 1.26 bits per heavy atom. The minimum Gasteiger partial charge on any atom is -0.387 e. The summed E-state index contributed by atoms with van der Waals surface area (Å²) in [5.74, 6) is 0.563. The molecule has 0 aromatic carbocycles. The average molecular weight is 1100 g/mol. The van der Waals surface area contributed by atoms with Gasteiger partial charge in [0.1, 0.15) is 12.2 Å². The molecule has 4 aliphatic heterocycles. The fourth-order valence-electron chi connectivity index (χ4n) is 7.96. The maximum Gasteiger partial charge on any atom is 0.184 e. The van der Waals surface area contributed by atoms with Crippen LogP contribution in [0.3, 0.4) is 0 Å². The van der Waals surface area contributed by atoms with Crippen LogP contribution >= 0.6 is 0 Å². The molecule has 11 unspecified atom stereocenters.